The Morgan fingerprint density at radius 2 is 0.732 bits per heavy atom. The molecule has 0 aliphatic carbocycles. The quantitative estimate of drug-likeness (QED) is 0.0197. The number of nitrogens with zero attached hydrogens (tertiary/aromatic N) is 1. The number of primary amides is 3. The molecule has 3 aromatic carbocycles. The van der Waals surface area contributed by atoms with Gasteiger partial charge in [0.25, 0.3) is 0 Å². The summed E-state index contributed by atoms with van der Waals surface area (Å²) in [6.07, 6.45) is -6.50. The third-order valence-electron chi connectivity index (χ3n) is 17.2. The molecule has 0 bridgehead atoms. The van der Waals surface area contributed by atoms with Crippen molar-refractivity contribution in [2.75, 3.05) is 0 Å². The molecule has 112 heavy (non-hydrogen) atoms. The van der Waals surface area contributed by atoms with Crippen LogP contribution in [-0.4, -0.2) is 220 Å². The molecule has 40 nitrogen and oxygen atoms in total. The van der Waals surface area contributed by atoms with E-state index in [2.05, 4.69) is 68.5 Å². The van der Waals surface area contributed by atoms with Crippen LogP contribution in [0.15, 0.2) is 91.4 Å². The number of aliphatic hydroxyl groups excluding tert-OH is 1. The van der Waals surface area contributed by atoms with Gasteiger partial charge in [-0.05, 0) is 91.8 Å². The zero-order valence-electron chi connectivity index (χ0n) is 62.1. The molecular formula is C72H99N17O23. The molecule has 0 aliphatic rings. The SMILES string of the molecule is CC(C)C[C@H](NC(=O)[C@H](Cc1ccc(O)cc1)NC(=O)[C@H](CC(N)=O)NC(=O)[C@H](CCC(=O)O)NC(=O)[C@H](CCC(N)=O)NC(=O)[C@@H](NC(=O)[C@H](Cc1ccccc1)NC(=O)[C@H](Cc1cnc[nH]1)NC(=O)[C@H](CCC(N)=O)NC(=O)[C@@H](N)[C@@H](C)O)C(C)C)C(=O)N[C@@H](CCC(=O)O)C(=O)N[C@@H](Cc1ccc(O)cc1)C(=O)O. The van der Waals surface area contributed by atoms with E-state index in [1.807, 2.05) is 0 Å². The smallest absolute Gasteiger partial charge is 0.326 e. The number of benzene rings is 3. The highest BCUT2D eigenvalue weighted by Gasteiger charge is 2.39. The van der Waals surface area contributed by atoms with E-state index in [-0.39, 0.29) is 48.4 Å². The second kappa shape index (κ2) is 45.4. The monoisotopic (exact) mass is 1570 g/mol. The predicted octanol–water partition coefficient (Wildman–Crippen LogP) is -4.94. The number of hydrogen-bond donors (Lipinski definition) is 22. The number of rotatable bonds is 49. The lowest BCUT2D eigenvalue weighted by molar-refractivity contribution is -0.143. The number of carboxylic acids is 3. The molecule has 0 saturated carbocycles. The fourth-order valence-electron chi connectivity index (χ4n) is 11.0. The van der Waals surface area contributed by atoms with Gasteiger partial charge >= 0.3 is 17.9 Å². The van der Waals surface area contributed by atoms with E-state index in [1.54, 1.807) is 44.2 Å². The van der Waals surface area contributed by atoms with Gasteiger partial charge in [-0.1, -0.05) is 82.3 Å². The first-order valence-corrected chi connectivity index (χ1v) is 35.6. The van der Waals surface area contributed by atoms with E-state index in [4.69, 9.17) is 22.9 Å². The second-order valence-corrected chi connectivity index (χ2v) is 27.3. The van der Waals surface area contributed by atoms with E-state index in [1.165, 1.54) is 81.8 Å². The van der Waals surface area contributed by atoms with Crippen molar-refractivity contribution >= 4 is 101 Å². The van der Waals surface area contributed by atoms with Crippen molar-refractivity contribution < 1.29 is 112 Å². The number of phenolic OH excluding ortho intramolecular Hbond substituents is 2. The number of amides is 14. The number of nitrogens with one attached hydrogen (secondary N) is 12. The minimum absolute atomic E-state index is 0.134. The van der Waals surface area contributed by atoms with Crippen molar-refractivity contribution in [3.05, 3.63) is 114 Å². The summed E-state index contributed by atoms with van der Waals surface area (Å²) in [5.74, 6) is -21.8. The van der Waals surface area contributed by atoms with E-state index in [9.17, 15) is 112 Å². The molecule has 0 unspecified atom stereocenters. The topological polar surface area (TPSA) is 677 Å². The third kappa shape index (κ3) is 32.7. The van der Waals surface area contributed by atoms with Crippen molar-refractivity contribution in [3.8, 4) is 11.5 Å². The molecule has 4 aromatic rings. The highest BCUT2D eigenvalue weighted by Crippen LogP contribution is 2.18. The summed E-state index contributed by atoms with van der Waals surface area (Å²) >= 11 is 0. The lowest BCUT2D eigenvalue weighted by atomic mass is 9.99. The van der Waals surface area contributed by atoms with Crippen LogP contribution in [-0.2, 0) is 107 Å². The Morgan fingerprint density at radius 3 is 1.12 bits per heavy atom. The lowest BCUT2D eigenvalue weighted by Gasteiger charge is -2.29. The first-order valence-electron chi connectivity index (χ1n) is 35.6. The molecule has 14 amide bonds. The summed E-state index contributed by atoms with van der Waals surface area (Å²) in [7, 11) is 0. The molecule has 1 aromatic heterocycles. The Kier molecular flexibility index (Phi) is 37.2. The molecule has 40 heteroatoms. The average molecular weight is 1570 g/mol. The van der Waals surface area contributed by atoms with Gasteiger partial charge < -0.3 is 117 Å². The summed E-state index contributed by atoms with van der Waals surface area (Å²) in [6, 6.07) is -2.06. The van der Waals surface area contributed by atoms with Gasteiger partial charge in [0, 0.05) is 63.3 Å². The van der Waals surface area contributed by atoms with Gasteiger partial charge in [-0.15, -0.1) is 0 Å². The minimum atomic E-state index is -2.08. The highest BCUT2D eigenvalue weighted by atomic mass is 16.4. The number of hydrogen-bond acceptors (Lipinski definition) is 22. The fraction of sp³-hybridized carbons (Fsp3) is 0.472. The second-order valence-electron chi connectivity index (χ2n) is 27.3. The van der Waals surface area contributed by atoms with Crippen LogP contribution < -0.4 is 81.4 Å². The Balaban J connectivity index is 1.65. The maximum absolute atomic E-state index is 14.7. The first-order chi connectivity index (χ1) is 52.7. The maximum Gasteiger partial charge on any atom is 0.326 e. The number of aromatic amines is 1. The number of carbonyl (C=O) groups excluding carboxylic acids is 14. The summed E-state index contributed by atoms with van der Waals surface area (Å²) in [5, 5.41) is 85.7. The zero-order valence-corrected chi connectivity index (χ0v) is 62.1. The van der Waals surface area contributed by atoms with Crippen molar-refractivity contribution in [1.29, 1.82) is 0 Å². The molecule has 0 radical (unpaired) electrons. The largest absolute Gasteiger partial charge is 0.508 e. The molecule has 0 spiro atoms. The van der Waals surface area contributed by atoms with Crippen LogP contribution in [0.25, 0.3) is 0 Å². The van der Waals surface area contributed by atoms with Gasteiger partial charge in [0.1, 0.15) is 84.0 Å². The van der Waals surface area contributed by atoms with Crippen molar-refractivity contribution in [1.82, 2.24) is 68.5 Å². The number of H-pyrrole nitrogens is 1. The number of aliphatic hydroxyl groups is 1. The zero-order chi connectivity index (χ0) is 83.6. The number of phenols is 2. The van der Waals surface area contributed by atoms with Gasteiger partial charge in [-0.2, -0.15) is 0 Å². The molecule has 0 aliphatic heterocycles. The molecule has 13 atom stereocenters. The van der Waals surface area contributed by atoms with E-state index in [0.717, 1.165) is 0 Å². The summed E-state index contributed by atoms with van der Waals surface area (Å²) in [6.45, 7) is 7.43. The molecular weight excluding hydrogens is 1470 g/mol. The number of carboxylic acid groups (broad SMARTS) is 3. The van der Waals surface area contributed by atoms with E-state index < -0.39 is 255 Å². The van der Waals surface area contributed by atoms with Gasteiger partial charge in [0.15, 0.2) is 0 Å². The van der Waals surface area contributed by atoms with Crippen LogP contribution in [0.2, 0.25) is 0 Å². The number of aromatic nitrogens is 2. The van der Waals surface area contributed by atoms with Gasteiger partial charge in [0.05, 0.1) is 18.9 Å². The van der Waals surface area contributed by atoms with Crippen LogP contribution in [0.3, 0.4) is 0 Å². The first kappa shape index (κ1) is 91.8. The molecule has 1 heterocycles. The molecule has 610 valence electrons. The van der Waals surface area contributed by atoms with Crippen LogP contribution in [0.1, 0.15) is 121 Å². The summed E-state index contributed by atoms with van der Waals surface area (Å²) in [4.78, 5) is 237. The Hall–Kier alpha value is -12.6. The van der Waals surface area contributed by atoms with Gasteiger partial charge in [-0.3, -0.25) is 76.7 Å². The van der Waals surface area contributed by atoms with Crippen LogP contribution >= 0.6 is 0 Å². The number of carbonyl (C=O) groups is 17. The summed E-state index contributed by atoms with van der Waals surface area (Å²) in [5.41, 5.74) is 23.6. The van der Waals surface area contributed by atoms with Crippen LogP contribution in [0.5, 0.6) is 11.5 Å². The number of imidazole rings is 1. The van der Waals surface area contributed by atoms with Crippen molar-refractivity contribution in [2.24, 2.45) is 34.8 Å². The van der Waals surface area contributed by atoms with Crippen LogP contribution in [0.4, 0.5) is 0 Å². The Morgan fingerprint density at radius 1 is 0.393 bits per heavy atom. The Labute approximate surface area is 642 Å². The average Bonchev–Trinajstić information content (AvgIpc) is 1.10. The molecule has 26 N–H and O–H groups in total. The molecule has 0 fully saturated rings. The predicted molar refractivity (Wildman–Crippen MR) is 393 cm³/mol. The van der Waals surface area contributed by atoms with E-state index in [0.29, 0.717) is 11.1 Å². The highest BCUT2D eigenvalue weighted by molar-refractivity contribution is 6.01. The number of nitrogens with two attached hydrogens (primary N) is 4. The van der Waals surface area contributed by atoms with Gasteiger partial charge in [0.2, 0.25) is 82.7 Å². The van der Waals surface area contributed by atoms with E-state index >= 15 is 0 Å². The third-order valence-corrected chi connectivity index (χ3v) is 17.2. The maximum atomic E-state index is 14.7. The van der Waals surface area contributed by atoms with Crippen molar-refractivity contribution in [2.45, 2.75) is 203 Å². The van der Waals surface area contributed by atoms with Gasteiger partial charge in [-0.25, -0.2) is 9.78 Å². The molecule has 4 rings (SSSR count). The summed E-state index contributed by atoms with van der Waals surface area (Å²) < 4.78 is 0. The standard InChI is InChI=1S/C72H99N17O23/c1-35(2)27-48(65(104)80-47(22-26-58(98)99)64(103)88-53(72(111)112)30-40-13-17-43(92)18-14-40)83-66(105)49(29-39-11-15-42(91)16-12-39)84-68(107)52(32-56(75)95)87-63(102)46(21-25-57(96)97)79-61(100)45(20-24-55(74)94)82-71(110)60(36(3)4)89-69(108)50(28-38-9-7-6-8-10-38)85-67(106)51(31-41-33-77-34-78-41)86-62(101)44(19-23-54(73)93)81-70(109)59(76)37(5)90/h6-18,33-37,44-53,59-60,90-92H,19-32,76H2,1-5H3,(H2,73,93)(H2,74,94)(H2,75,95)(H,77,78)(H,79,100)(H,80,104)(H,81,109)(H,82,110)(H,83,105)(H,84,107)(H,85,106)(H,86,101)(H,87,102)(H,88,103)(H,89,108)(H,96,97)(H,98,99)(H,111,112)/t37-,44+,45+,46+,47+,48+,49+,50+,51+,52+,53+,59+,60+/m1/s1. The van der Waals surface area contributed by atoms with Crippen LogP contribution in [0, 0.1) is 11.8 Å². The number of aromatic hydroxyl groups is 2. The number of aliphatic carboxylic acids is 3. The normalized spacial score (nSPS) is 14.6. The lowest BCUT2D eigenvalue weighted by Crippen LogP contribution is -2.62. The molecule has 0 saturated heterocycles. The van der Waals surface area contributed by atoms with Crippen molar-refractivity contribution in [3.63, 3.8) is 0 Å². The Bertz CT molecular complexity index is 3940. The fourth-order valence-corrected chi connectivity index (χ4v) is 11.0. The minimum Gasteiger partial charge on any atom is -0.508 e.